The second-order valence-electron chi connectivity index (χ2n) is 3.21. The maximum absolute atomic E-state index is 11.5. The van der Waals surface area contributed by atoms with Crippen LogP contribution in [0.3, 0.4) is 0 Å². The molecule has 0 saturated carbocycles. The first kappa shape index (κ1) is 11.2. The Hall–Kier alpha value is -1.26. The van der Waals surface area contributed by atoms with Crippen molar-refractivity contribution in [3.63, 3.8) is 0 Å². The number of benzene rings is 1. The maximum atomic E-state index is 11.5. The fourth-order valence-electron chi connectivity index (χ4n) is 1.36. The van der Waals surface area contributed by atoms with Crippen LogP contribution in [0.2, 0.25) is 0 Å². The second-order valence-corrected chi connectivity index (χ2v) is 4.31. The van der Waals surface area contributed by atoms with Crippen LogP contribution < -0.4 is 10.1 Å². The summed E-state index contributed by atoms with van der Waals surface area (Å²) in [7, 11) is 0. The Morgan fingerprint density at radius 3 is 2.88 bits per heavy atom. The molecular weight excluding hydrogens is 253 g/mol. The number of halogens is 2. The molecule has 0 unspecified atom stereocenters. The highest BCUT2D eigenvalue weighted by Gasteiger charge is 2.20. The van der Waals surface area contributed by atoms with E-state index >= 15 is 0 Å². The summed E-state index contributed by atoms with van der Waals surface area (Å²) in [6, 6.07) is 4.64. The highest BCUT2D eigenvalue weighted by molar-refractivity contribution is 6.55. The SMILES string of the molecule is O=C1COc2ccc(C(=O)C(Cl)Cl)cc2N1. The molecule has 16 heavy (non-hydrogen) atoms. The third-order valence-electron chi connectivity index (χ3n) is 2.10. The minimum Gasteiger partial charge on any atom is -0.482 e. The van der Waals surface area contributed by atoms with Crippen LogP contribution in [0.1, 0.15) is 10.4 Å². The number of ketones is 1. The molecule has 0 bridgehead atoms. The van der Waals surface area contributed by atoms with Crippen molar-refractivity contribution >= 4 is 40.6 Å². The molecule has 1 aromatic rings. The van der Waals surface area contributed by atoms with Crippen molar-refractivity contribution in [2.45, 2.75) is 4.84 Å². The first-order valence-corrected chi connectivity index (χ1v) is 5.34. The number of alkyl halides is 2. The summed E-state index contributed by atoms with van der Waals surface area (Å²) in [5.74, 6) is -0.145. The van der Waals surface area contributed by atoms with Gasteiger partial charge in [-0.3, -0.25) is 9.59 Å². The Bertz CT molecular complexity index is 459. The van der Waals surface area contributed by atoms with Gasteiger partial charge in [0.05, 0.1) is 5.69 Å². The number of carbonyl (C=O) groups is 2. The van der Waals surface area contributed by atoms with Gasteiger partial charge in [-0.25, -0.2) is 0 Å². The summed E-state index contributed by atoms with van der Waals surface area (Å²) in [6.45, 7) is -0.0199. The molecule has 0 aromatic heterocycles. The van der Waals surface area contributed by atoms with Crippen LogP contribution in [0.5, 0.6) is 5.75 Å². The van der Waals surface area contributed by atoms with Gasteiger partial charge in [-0.2, -0.15) is 0 Å². The van der Waals surface area contributed by atoms with Crippen LogP contribution in [0.15, 0.2) is 18.2 Å². The van der Waals surface area contributed by atoms with Crippen LogP contribution in [0.4, 0.5) is 5.69 Å². The maximum Gasteiger partial charge on any atom is 0.262 e. The number of fused-ring (bicyclic) bond motifs is 1. The summed E-state index contributed by atoms with van der Waals surface area (Å²) in [5, 5.41) is 2.59. The largest absolute Gasteiger partial charge is 0.482 e. The van der Waals surface area contributed by atoms with E-state index in [0.29, 0.717) is 17.0 Å². The zero-order chi connectivity index (χ0) is 11.7. The average Bonchev–Trinajstić information content (AvgIpc) is 2.26. The highest BCUT2D eigenvalue weighted by Crippen LogP contribution is 2.29. The quantitative estimate of drug-likeness (QED) is 0.653. The van der Waals surface area contributed by atoms with Crippen molar-refractivity contribution < 1.29 is 14.3 Å². The lowest BCUT2D eigenvalue weighted by molar-refractivity contribution is -0.118. The molecule has 6 heteroatoms. The number of amides is 1. The van der Waals surface area contributed by atoms with Crippen molar-refractivity contribution in [1.82, 2.24) is 0 Å². The van der Waals surface area contributed by atoms with Crippen molar-refractivity contribution in [1.29, 1.82) is 0 Å². The fourth-order valence-corrected chi connectivity index (χ4v) is 1.61. The molecule has 1 aromatic carbocycles. The number of hydrogen-bond acceptors (Lipinski definition) is 3. The van der Waals surface area contributed by atoms with Crippen LogP contribution in [-0.2, 0) is 4.79 Å². The number of anilines is 1. The lowest BCUT2D eigenvalue weighted by atomic mass is 10.1. The lowest BCUT2D eigenvalue weighted by Gasteiger charge is -2.18. The van der Waals surface area contributed by atoms with Crippen molar-refractivity contribution in [3.8, 4) is 5.75 Å². The molecule has 1 heterocycles. The van der Waals surface area contributed by atoms with E-state index in [1.54, 1.807) is 12.1 Å². The third kappa shape index (κ3) is 2.13. The second kappa shape index (κ2) is 4.31. The zero-order valence-corrected chi connectivity index (χ0v) is 9.51. The number of Topliss-reactive ketones (excluding diaryl/α,β-unsaturated/α-hetero) is 1. The van der Waals surface area contributed by atoms with Gasteiger partial charge in [0.15, 0.2) is 17.2 Å². The molecule has 1 aliphatic heterocycles. The zero-order valence-electron chi connectivity index (χ0n) is 8.00. The third-order valence-corrected chi connectivity index (χ3v) is 2.49. The Morgan fingerprint density at radius 2 is 2.19 bits per heavy atom. The van der Waals surface area contributed by atoms with E-state index in [0.717, 1.165) is 0 Å². The molecule has 1 aliphatic rings. The number of hydrogen-bond donors (Lipinski definition) is 1. The summed E-state index contributed by atoms with van der Waals surface area (Å²) in [5.41, 5.74) is 0.788. The molecule has 4 nitrogen and oxygen atoms in total. The van der Waals surface area contributed by atoms with Crippen molar-refractivity contribution in [2.75, 3.05) is 11.9 Å². The number of carbonyl (C=O) groups excluding carboxylic acids is 2. The number of rotatable bonds is 2. The van der Waals surface area contributed by atoms with Gasteiger partial charge in [0.1, 0.15) is 5.75 Å². The van der Waals surface area contributed by atoms with Crippen molar-refractivity contribution in [2.24, 2.45) is 0 Å². The minimum atomic E-state index is -1.11. The number of nitrogens with one attached hydrogen (secondary N) is 1. The topological polar surface area (TPSA) is 55.4 Å². The van der Waals surface area contributed by atoms with Gasteiger partial charge in [0, 0.05) is 5.56 Å². The van der Waals surface area contributed by atoms with Crippen LogP contribution in [0.25, 0.3) is 0 Å². The Labute approximate surface area is 101 Å². The monoisotopic (exact) mass is 259 g/mol. The van der Waals surface area contributed by atoms with E-state index in [4.69, 9.17) is 27.9 Å². The summed E-state index contributed by atoms with van der Waals surface area (Å²) in [6.07, 6.45) is 0. The minimum absolute atomic E-state index is 0.0199. The Balaban J connectivity index is 2.35. The van der Waals surface area contributed by atoms with Gasteiger partial charge in [-0.15, -0.1) is 0 Å². The van der Waals surface area contributed by atoms with E-state index in [1.807, 2.05) is 0 Å². The smallest absolute Gasteiger partial charge is 0.262 e. The molecule has 1 N–H and O–H groups in total. The molecule has 0 radical (unpaired) electrons. The van der Waals surface area contributed by atoms with E-state index in [2.05, 4.69) is 5.32 Å². The van der Waals surface area contributed by atoms with Crippen molar-refractivity contribution in [3.05, 3.63) is 23.8 Å². The summed E-state index contributed by atoms with van der Waals surface area (Å²) in [4.78, 5) is 21.4. The molecule has 0 aliphatic carbocycles. The molecule has 0 saturated heterocycles. The molecule has 0 fully saturated rings. The van der Waals surface area contributed by atoms with Gasteiger partial charge in [0.2, 0.25) is 0 Å². The van der Waals surface area contributed by atoms with Gasteiger partial charge < -0.3 is 10.1 Å². The van der Waals surface area contributed by atoms with E-state index < -0.39 is 10.6 Å². The van der Waals surface area contributed by atoms with Gasteiger partial charge in [-0.1, -0.05) is 23.2 Å². The summed E-state index contributed by atoms with van der Waals surface area (Å²) < 4.78 is 5.14. The Kier molecular flexibility index (Phi) is 3.03. The lowest BCUT2D eigenvalue weighted by Crippen LogP contribution is -2.25. The number of ether oxygens (including phenoxy) is 1. The first-order chi connectivity index (χ1) is 7.58. The van der Waals surface area contributed by atoms with Crippen LogP contribution in [-0.4, -0.2) is 23.1 Å². The predicted molar refractivity (Wildman–Crippen MR) is 60.4 cm³/mol. The molecule has 0 spiro atoms. The first-order valence-electron chi connectivity index (χ1n) is 4.47. The predicted octanol–water partition coefficient (Wildman–Crippen LogP) is 2.00. The molecular formula is C10H7Cl2NO3. The van der Waals surface area contributed by atoms with E-state index in [1.165, 1.54) is 6.07 Å². The normalized spacial score (nSPS) is 14.1. The molecule has 84 valence electrons. The van der Waals surface area contributed by atoms with Gasteiger partial charge in [-0.05, 0) is 18.2 Å². The van der Waals surface area contributed by atoms with E-state index in [9.17, 15) is 9.59 Å². The fraction of sp³-hybridized carbons (Fsp3) is 0.200. The molecule has 1 amide bonds. The van der Waals surface area contributed by atoms with Crippen LogP contribution in [0, 0.1) is 0 Å². The Morgan fingerprint density at radius 1 is 1.44 bits per heavy atom. The average molecular weight is 260 g/mol. The van der Waals surface area contributed by atoms with Crippen LogP contribution >= 0.6 is 23.2 Å². The summed E-state index contributed by atoms with van der Waals surface area (Å²) >= 11 is 10.9. The molecule has 2 rings (SSSR count). The van der Waals surface area contributed by atoms with Gasteiger partial charge in [0.25, 0.3) is 5.91 Å². The molecule has 0 atom stereocenters. The standard InChI is InChI=1S/C10H7Cl2NO3/c11-10(12)9(15)5-1-2-7-6(3-5)13-8(14)4-16-7/h1-3,10H,4H2,(H,13,14). The highest BCUT2D eigenvalue weighted by atomic mass is 35.5. The van der Waals surface area contributed by atoms with Gasteiger partial charge >= 0.3 is 0 Å². The van der Waals surface area contributed by atoms with E-state index in [-0.39, 0.29) is 12.5 Å².